The van der Waals surface area contributed by atoms with Crippen molar-refractivity contribution in [1.82, 2.24) is 14.9 Å². The van der Waals surface area contributed by atoms with Gasteiger partial charge >= 0.3 is 0 Å². The molecular formula is C25H23Cl2N5O2. The lowest BCUT2D eigenvalue weighted by atomic mass is 10.0. The third-order valence-corrected chi connectivity index (χ3v) is 6.18. The Labute approximate surface area is 207 Å². The zero-order valence-electron chi connectivity index (χ0n) is 19.4. The molecule has 0 bridgehead atoms. The van der Waals surface area contributed by atoms with Crippen LogP contribution in [-0.4, -0.2) is 20.8 Å². The smallest absolute Gasteiger partial charge is 0.284 e. The van der Waals surface area contributed by atoms with E-state index >= 15 is 0 Å². The molecule has 7 nitrogen and oxygen atoms in total. The van der Waals surface area contributed by atoms with E-state index in [4.69, 9.17) is 27.7 Å². The van der Waals surface area contributed by atoms with E-state index in [1.165, 1.54) is 10.2 Å². The van der Waals surface area contributed by atoms with E-state index in [0.717, 1.165) is 0 Å². The fraction of sp³-hybridized carbons (Fsp3) is 0.240. The van der Waals surface area contributed by atoms with E-state index in [2.05, 4.69) is 34.3 Å². The maximum atomic E-state index is 13.5. The van der Waals surface area contributed by atoms with Gasteiger partial charge < -0.3 is 4.52 Å². The monoisotopic (exact) mass is 495 g/mol. The topological polar surface area (TPSA) is 85.6 Å². The lowest BCUT2D eigenvalue weighted by Gasteiger charge is -2.07. The molecule has 0 unspecified atom stereocenters. The predicted octanol–water partition coefficient (Wildman–Crippen LogP) is 8.00. The SMILES string of the molecule is Cc1nn(C(=O)c2c(-c3c(Cl)cccc3Cl)noc2C)c(C)c1N=Nc1ccc(C(C)C)cc1. The Hall–Kier alpha value is -3.29. The van der Waals surface area contributed by atoms with Crippen molar-refractivity contribution in [1.29, 1.82) is 0 Å². The number of carbonyl (C=O) groups is 1. The third kappa shape index (κ3) is 4.41. The van der Waals surface area contributed by atoms with Crippen LogP contribution in [0, 0.1) is 20.8 Å². The van der Waals surface area contributed by atoms with Crippen LogP contribution < -0.4 is 0 Å². The number of rotatable bonds is 5. The van der Waals surface area contributed by atoms with E-state index in [0.29, 0.717) is 50.0 Å². The molecule has 0 N–H and O–H groups in total. The van der Waals surface area contributed by atoms with Crippen LogP contribution in [0.5, 0.6) is 0 Å². The molecule has 0 atom stereocenters. The molecule has 2 heterocycles. The first kappa shape index (κ1) is 23.9. The Morgan fingerprint density at radius 2 is 1.65 bits per heavy atom. The van der Waals surface area contributed by atoms with Crippen LogP contribution in [0.4, 0.5) is 11.4 Å². The van der Waals surface area contributed by atoms with Crippen LogP contribution in [0.3, 0.4) is 0 Å². The molecule has 0 aliphatic carbocycles. The second-order valence-electron chi connectivity index (χ2n) is 8.24. The minimum atomic E-state index is -0.423. The van der Waals surface area contributed by atoms with E-state index in [9.17, 15) is 4.79 Å². The summed E-state index contributed by atoms with van der Waals surface area (Å²) in [5.41, 5.74) is 4.50. The average molecular weight is 496 g/mol. The number of aromatic nitrogens is 3. The van der Waals surface area contributed by atoms with Crippen molar-refractivity contribution in [3.05, 3.63) is 80.8 Å². The fourth-order valence-corrected chi connectivity index (χ4v) is 4.21. The molecule has 0 saturated carbocycles. The summed E-state index contributed by atoms with van der Waals surface area (Å²) >= 11 is 12.7. The summed E-state index contributed by atoms with van der Waals surface area (Å²) in [6.07, 6.45) is 0. The number of carbonyl (C=O) groups excluding carboxylic acids is 1. The summed E-state index contributed by atoms with van der Waals surface area (Å²) in [4.78, 5) is 13.5. The van der Waals surface area contributed by atoms with Gasteiger partial charge in [0.2, 0.25) is 0 Å². The summed E-state index contributed by atoms with van der Waals surface area (Å²) in [5, 5.41) is 17.9. The molecular weight excluding hydrogens is 473 g/mol. The van der Waals surface area contributed by atoms with Crippen LogP contribution in [-0.2, 0) is 0 Å². The minimum Gasteiger partial charge on any atom is -0.360 e. The van der Waals surface area contributed by atoms with Crippen molar-refractivity contribution >= 4 is 40.5 Å². The van der Waals surface area contributed by atoms with Gasteiger partial charge in [0.25, 0.3) is 5.91 Å². The Balaban J connectivity index is 1.71. The highest BCUT2D eigenvalue weighted by Gasteiger charge is 2.28. The molecule has 34 heavy (non-hydrogen) atoms. The Morgan fingerprint density at radius 1 is 1.00 bits per heavy atom. The van der Waals surface area contributed by atoms with Gasteiger partial charge in [0, 0.05) is 5.56 Å². The molecule has 9 heteroatoms. The van der Waals surface area contributed by atoms with Gasteiger partial charge in [0.1, 0.15) is 22.7 Å². The maximum absolute atomic E-state index is 13.5. The molecule has 0 fully saturated rings. The Morgan fingerprint density at radius 3 is 2.26 bits per heavy atom. The first-order chi connectivity index (χ1) is 16.2. The second-order valence-corrected chi connectivity index (χ2v) is 9.06. The van der Waals surface area contributed by atoms with E-state index in [1.807, 2.05) is 24.3 Å². The van der Waals surface area contributed by atoms with Gasteiger partial charge in [0.05, 0.1) is 27.1 Å². The summed E-state index contributed by atoms with van der Waals surface area (Å²) in [6.45, 7) is 9.47. The molecule has 2 aromatic carbocycles. The molecule has 4 aromatic rings. The van der Waals surface area contributed by atoms with E-state index in [1.54, 1.807) is 39.0 Å². The van der Waals surface area contributed by atoms with E-state index in [-0.39, 0.29) is 11.3 Å². The molecule has 174 valence electrons. The van der Waals surface area contributed by atoms with Gasteiger partial charge in [-0.25, -0.2) is 0 Å². The third-order valence-electron chi connectivity index (χ3n) is 5.55. The largest absolute Gasteiger partial charge is 0.360 e. The predicted molar refractivity (Wildman–Crippen MR) is 133 cm³/mol. The zero-order chi connectivity index (χ0) is 24.6. The van der Waals surface area contributed by atoms with Gasteiger partial charge in [-0.05, 0) is 56.5 Å². The van der Waals surface area contributed by atoms with Gasteiger partial charge in [-0.1, -0.05) is 60.4 Å². The summed E-state index contributed by atoms with van der Waals surface area (Å²) in [5.74, 6) is 0.344. The number of benzene rings is 2. The first-order valence-corrected chi connectivity index (χ1v) is 11.5. The van der Waals surface area contributed by atoms with Crippen molar-refractivity contribution in [2.75, 3.05) is 0 Å². The first-order valence-electron chi connectivity index (χ1n) is 10.7. The standard InChI is InChI=1S/C25H23Cl2N5O2/c1-13(2)17-9-11-18(12-10-17)28-29-23-14(3)30-32(15(23)4)25(33)21-16(5)34-31-24(21)22-19(26)7-6-8-20(22)27/h6-13H,1-5H3. The van der Waals surface area contributed by atoms with Crippen molar-refractivity contribution in [3.63, 3.8) is 0 Å². The van der Waals surface area contributed by atoms with Gasteiger partial charge in [-0.2, -0.15) is 14.9 Å². The highest BCUT2D eigenvalue weighted by atomic mass is 35.5. The van der Waals surface area contributed by atoms with Crippen molar-refractivity contribution in [2.24, 2.45) is 10.2 Å². The molecule has 2 aromatic heterocycles. The summed E-state index contributed by atoms with van der Waals surface area (Å²) < 4.78 is 6.62. The maximum Gasteiger partial charge on any atom is 0.284 e. The molecule has 0 amide bonds. The Bertz CT molecular complexity index is 1380. The summed E-state index contributed by atoms with van der Waals surface area (Å²) in [7, 11) is 0. The zero-order valence-corrected chi connectivity index (χ0v) is 20.9. The minimum absolute atomic E-state index is 0.230. The van der Waals surface area contributed by atoms with Crippen LogP contribution in [0.1, 0.15) is 52.8 Å². The Kier molecular flexibility index (Phi) is 6.68. The number of nitrogens with zero attached hydrogens (tertiary/aromatic N) is 5. The van der Waals surface area contributed by atoms with Crippen molar-refractivity contribution < 1.29 is 9.32 Å². The number of hydrogen-bond acceptors (Lipinski definition) is 6. The highest BCUT2D eigenvalue weighted by molar-refractivity contribution is 6.39. The molecule has 0 aliphatic rings. The fourth-order valence-electron chi connectivity index (χ4n) is 3.64. The van der Waals surface area contributed by atoms with E-state index < -0.39 is 5.91 Å². The molecule has 0 spiro atoms. The van der Waals surface area contributed by atoms with Crippen molar-refractivity contribution in [2.45, 2.75) is 40.5 Å². The number of hydrogen-bond donors (Lipinski definition) is 0. The van der Waals surface area contributed by atoms with Crippen LogP contribution >= 0.6 is 23.2 Å². The van der Waals surface area contributed by atoms with Gasteiger partial charge in [-0.3, -0.25) is 4.79 Å². The lowest BCUT2D eigenvalue weighted by molar-refractivity contribution is 0.0941. The van der Waals surface area contributed by atoms with Crippen molar-refractivity contribution in [3.8, 4) is 11.3 Å². The second kappa shape index (κ2) is 9.52. The molecule has 0 radical (unpaired) electrons. The van der Waals surface area contributed by atoms with Crippen LogP contribution in [0.2, 0.25) is 10.0 Å². The van der Waals surface area contributed by atoms with Crippen LogP contribution in [0.25, 0.3) is 11.3 Å². The number of azo groups is 1. The molecule has 4 rings (SSSR count). The highest BCUT2D eigenvalue weighted by Crippen LogP contribution is 2.37. The molecule has 0 saturated heterocycles. The number of aryl methyl sites for hydroxylation is 2. The lowest BCUT2D eigenvalue weighted by Crippen LogP contribution is -2.16. The van der Waals surface area contributed by atoms with Gasteiger partial charge in [0.15, 0.2) is 0 Å². The summed E-state index contributed by atoms with van der Waals surface area (Å²) in [6, 6.07) is 13.0. The van der Waals surface area contributed by atoms with Gasteiger partial charge in [-0.15, -0.1) is 5.11 Å². The quantitative estimate of drug-likeness (QED) is 0.262. The van der Waals surface area contributed by atoms with Crippen LogP contribution in [0.15, 0.2) is 57.2 Å². The average Bonchev–Trinajstić information content (AvgIpc) is 3.31. The number of halogens is 2. The normalized spacial score (nSPS) is 11.6. The molecule has 0 aliphatic heterocycles.